The molecule has 2 amide bonds. The number of thioether (sulfide) groups is 1. The molecular formula is C11H21N3O5S. The molecule has 20 heavy (non-hydrogen) atoms. The van der Waals surface area contributed by atoms with E-state index in [4.69, 9.17) is 15.9 Å². The van der Waals surface area contributed by atoms with Crippen LogP contribution in [0.15, 0.2) is 0 Å². The van der Waals surface area contributed by atoms with E-state index in [9.17, 15) is 14.4 Å². The van der Waals surface area contributed by atoms with E-state index in [1.165, 1.54) is 18.7 Å². The van der Waals surface area contributed by atoms with E-state index in [2.05, 4.69) is 10.6 Å². The zero-order valence-corrected chi connectivity index (χ0v) is 12.3. The van der Waals surface area contributed by atoms with Crippen LogP contribution in [-0.2, 0) is 14.4 Å². The van der Waals surface area contributed by atoms with Crippen LogP contribution in [-0.4, -0.2) is 64.7 Å². The number of carboxylic acid groups (broad SMARTS) is 1. The van der Waals surface area contributed by atoms with E-state index in [0.717, 1.165) is 0 Å². The van der Waals surface area contributed by atoms with Crippen LogP contribution in [0.2, 0.25) is 0 Å². The number of carbonyl (C=O) groups excluding carboxylic acids is 2. The average molecular weight is 307 g/mol. The van der Waals surface area contributed by atoms with Crippen LogP contribution in [0, 0.1) is 0 Å². The Labute approximate surface area is 121 Å². The Morgan fingerprint density at radius 3 is 2.40 bits per heavy atom. The SMILES string of the molecule is CSCCC(NC(=O)CNC(=O)C(N)C(C)O)C(=O)O. The summed E-state index contributed by atoms with van der Waals surface area (Å²) in [6, 6.07) is -2.12. The lowest BCUT2D eigenvalue weighted by Crippen LogP contribution is -2.51. The molecule has 3 unspecified atom stereocenters. The zero-order chi connectivity index (χ0) is 15.7. The predicted molar refractivity (Wildman–Crippen MR) is 75.2 cm³/mol. The van der Waals surface area contributed by atoms with Gasteiger partial charge in [-0.3, -0.25) is 9.59 Å². The van der Waals surface area contributed by atoms with E-state index in [0.29, 0.717) is 12.2 Å². The summed E-state index contributed by atoms with van der Waals surface area (Å²) < 4.78 is 0. The lowest BCUT2D eigenvalue weighted by atomic mass is 10.2. The van der Waals surface area contributed by atoms with Gasteiger partial charge < -0.3 is 26.6 Å². The molecule has 0 aromatic carbocycles. The second kappa shape index (κ2) is 9.56. The minimum Gasteiger partial charge on any atom is -0.480 e. The molecule has 0 saturated carbocycles. The highest BCUT2D eigenvalue weighted by Crippen LogP contribution is 2.00. The third-order valence-corrected chi connectivity index (χ3v) is 3.13. The summed E-state index contributed by atoms with van der Waals surface area (Å²) in [5.74, 6) is -1.83. The Morgan fingerprint density at radius 1 is 1.35 bits per heavy atom. The Bertz CT molecular complexity index is 351. The highest BCUT2D eigenvalue weighted by Gasteiger charge is 2.22. The first-order valence-corrected chi connectivity index (χ1v) is 7.41. The van der Waals surface area contributed by atoms with E-state index >= 15 is 0 Å². The van der Waals surface area contributed by atoms with Gasteiger partial charge in [-0.1, -0.05) is 0 Å². The number of aliphatic carboxylic acids is 1. The van der Waals surface area contributed by atoms with Crippen LogP contribution >= 0.6 is 11.8 Å². The third kappa shape index (κ3) is 7.31. The van der Waals surface area contributed by atoms with E-state index in [-0.39, 0.29) is 6.54 Å². The molecule has 0 spiro atoms. The predicted octanol–water partition coefficient (Wildman–Crippen LogP) is -1.87. The Kier molecular flexibility index (Phi) is 8.93. The first kappa shape index (κ1) is 18.7. The topological polar surface area (TPSA) is 142 Å². The van der Waals surface area contributed by atoms with Crippen molar-refractivity contribution in [1.29, 1.82) is 0 Å². The van der Waals surface area contributed by atoms with Gasteiger partial charge in [-0.15, -0.1) is 0 Å². The van der Waals surface area contributed by atoms with Gasteiger partial charge >= 0.3 is 5.97 Å². The van der Waals surface area contributed by atoms with Crippen LogP contribution in [0.4, 0.5) is 0 Å². The summed E-state index contributed by atoms with van der Waals surface area (Å²) in [6.45, 7) is 0.968. The molecule has 0 saturated heterocycles. The van der Waals surface area contributed by atoms with E-state index in [1.807, 2.05) is 6.26 Å². The van der Waals surface area contributed by atoms with Crippen LogP contribution in [0.5, 0.6) is 0 Å². The van der Waals surface area contributed by atoms with Crippen molar-refractivity contribution >= 4 is 29.5 Å². The fraction of sp³-hybridized carbons (Fsp3) is 0.727. The van der Waals surface area contributed by atoms with E-state index < -0.39 is 36.0 Å². The Hall–Kier alpha value is -1.32. The zero-order valence-electron chi connectivity index (χ0n) is 11.5. The Morgan fingerprint density at radius 2 is 1.95 bits per heavy atom. The lowest BCUT2D eigenvalue weighted by molar-refractivity contribution is -0.141. The van der Waals surface area contributed by atoms with Crippen LogP contribution < -0.4 is 16.4 Å². The highest BCUT2D eigenvalue weighted by molar-refractivity contribution is 7.98. The van der Waals surface area contributed by atoms with Crippen LogP contribution in [0.25, 0.3) is 0 Å². The van der Waals surface area contributed by atoms with Gasteiger partial charge in [-0.05, 0) is 25.4 Å². The maximum absolute atomic E-state index is 11.5. The van der Waals surface area contributed by atoms with Crippen molar-refractivity contribution in [2.45, 2.75) is 31.5 Å². The first-order chi connectivity index (χ1) is 9.29. The van der Waals surface area contributed by atoms with Gasteiger partial charge in [0.1, 0.15) is 12.1 Å². The second-order valence-electron chi connectivity index (χ2n) is 4.22. The minimum absolute atomic E-state index is 0.295. The van der Waals surface area contributed by atoms with Gasteiger partial charge in [0.05, 0.1) is 12.6 Å². The summed E-state index contributed by atoms with van der Waals surface area (Å²) in [4.78, 5) is 33.8. The number of carboxylic acids is 1. The number of amides is 2. The van der Waals surface area contributed by atoms with Gasteiger partial charge in [0.2, 0.25) is 11.8 Å². The second-order valence-corrected chi connectivity index (χ2v) is 5.21. The molecule has 116 valence electrons. The van der Waals surface area contributed by atoms with Crippen molar-refractivity contribution in [3.8, 4) is 0 Å². The summed E-state index contributed by atoms with van der Waals surface area (Å²) in [5.41, 5.74) is 5.37. The van der Waals surface area contributed by atoms with Crippen molar-refractivity contribution in [2.24, 2.45) is 5.73 Å². The number of nitrogens with one attached hydrogen (secondary N) is 2. The molecule has 0 bridgehead atoms. The van der Waals surface area contributed by atoms with Gasteiger partial charge in [-0.2, -0.15) is 11.8 Å². The molecule has 0 aromatic heterocycles. The summed E-state index contributed by atoms with van der Waals surface area (Å²) in [7, 11) is 0. The summed E-state index contributed by atoms with van der Waals surface area (Å²) in [6.07, 6.45) is 1.09. The summed E-state index contributed by atoms with van der Waals surface area (Å²) >= 11 is 1.47. The maximum atomic E-state index is 11.5. The molecule has 0 aliphatic carbocycles. The number of nitrogens with two attached hydrogens (primary N) is 1. The fourth-order valence-corrected chi connectivity index (χ4v) is 1.71. The fourth-order valence-electron chi connectivity index (χ4n) is 1.24. The standard InChI is InChI=1S/C11H21N3O5S/c1-6(15)9(12)10(17)13-5-8(16)14-7(11(18)19)3-4-20-2/h6-7,9,15H,3-5,12H2,1-2H3,(H,13,17)(H,14,16)(H,18,19). The largest absolute Gasteiger partial charge is 0.480 e. The molecule has 9 heteroatoms. The van der Waals surface area contributed by atoms with E-state index in [1.54, 1.807) is 0 Å². The average Bonchev–Trinajstić information content (AvgIpc) is 2.39. The summed E-state index contributed by atoms with van der Waals surface area (Å²) in [5, 5.41) is 22.6. The van der Waals surface area contributed by atoms with Gasteiger partial charge in [0.15, 0.2) is 0 Å². The third-order valence-electron chi connectivity index (χ3n) is 2.49. The molecule has 0 aliphatic heterocycles. The van der Waals surface area contributed by atoms with Crippen molar-refractivity contribution in [3.05, 3.63) is 0 Å². The number of rotatable bonds is 9. The number of aliphatic hydroxyl groups excluding tert-OH is 1. The van der Waals surface area contributed by atoms with Crippen molar-refractivity contribution in [1.82, 2.24) is 10.6 Å². The van der Waals surface area contributed by atoms with Gasteiger partial charge in [-0.25, -0.2) is 4.79 Å². The molecule has 0 aromatic rings. The monoisotopic (exact) mass is 307 g/mol. The molecular weight excluding hydrogens is 286 g/mol. The number of hydrogen-bond acceptors (Lipinski definition) is 6. The normalized spacial score (nSPS) is 15.0. The maximum Gasteiger partial charge on any atom is 0.326 e. The first-order valence-electron chi connectivity index (χ1n) is 6.02. The number of carbonyl (C=O) groups is 3. The quantitative estimate of drug-likeness (QED) is 0.336. The minimum atomic E-state index is -1.13. The van der Waals surface area contributed by atoms with Gasteiger partial charge in [0.25, 0.3) is 0 Å². The molecule has 3 atom stereocenters. The smallest absolute Gasteiger partial charge is 0.326 e. The van der Waals surface area contributed by atoms with Crippen LogP contribution in [0.3, 0.4) is 0 Å². The molecule has 0 aliphatic rings. The highest BCUT2D eigenvalue weighted by atomic mass is 32.2. The number of aliphatic hydroxyl groups is 1. The molecule has 0 fully saturated rings. The van der Waals surface area contributed by atoms with Crippen molar-refractivity contribution in [2.75, 3.05) is 18.6 Å². The Balaban J connectivity index is 4.20. The molecule has 0 heterocycles. The van der Waals surface area contributed by atoms with Crippen molar-refractivity contribution < 1.29 is 24.6 Å². The van der Waals surface area contributed by atoms with Gasteiger partial charge in [0, 0.05) is 0 Å². The molecule has 8 nitrogen and oxygen atoms in total. The molecule has 0 radical (unpaired) electrons. The molecule has 6 N–H and O–H groups in total. The molecule has 0 rings (SSSR count). The van der Waals surface area contributed by atoms with Crippen molar-refractivity contribution in [3.63, 3.8) is 0 Å². The van der Waals surface area contributed by atoms with Crippen LogP contribution in [0.1, 0.15) is 13.3 Å². The number of hydrogen-bond donors (Lipinski definition) is 5. The lowest BCUT2D eigenvalue weighted by Gasteiger charge is -2.16.